The molecule has 4 nitrogen and oxygen atoms in total. The number of hydrogen-bond donors (Lipinski definition) is 0. The predicted octanol–water partition coefficient (Wildman–Crippen LogP) is 3.34. The van der Waals surface area contributed by atoms with Crippen molar-refractivity contribution in [2.24, 2.45) is 0 Å². The fourth-order valence-corrected chi connectivity index (χ4v) is 2.30. The Balaban J connectivity index is -0.000000256. The Labute approximate surface area is 129 Å². The molecule has 0 bridgehead atoms. The van der Waals surface area contributed by atoms with E-state index in [0.717, 1.165) is 51.4 Å². The van der Waals surface area contributed by atoms with E-state index in [1.165, 1.54) is 0 Å². The van der Waals surface area contributed by atoms with Crippen molar-refractivity contribution in [3.8, 4) is 0 Å². The van der Waals surface area contributed by atoms with E-state index in [1.807, 2.05) is 0 Å². The molecule has 0 amide bonds. The van der Waals surface area contributed by atoms with Gasteiger partial charge in [0.1, 0.15) is 12.3 Å². The molecular weight excluding hydrogens is 329 g/mol. The molecule has 0 aromatic carbocycles. The first kappa shape index (κ1) is 24.6. The molecule has 0 aliphatic carbocycles. The average Bonchev–Trinajstić information content (AvgIpc) is 2.31. The van der Waals surface area contributed by atoms with E-state index in [4.69, 9.17) is 0 Å². The van der Waals surface area contributed by atoms with Gasteiger partial charge < -0.3 is 9.79 Å². The summed E-state index contributed by atoms with van der Waals surface area (Å²) < 4.78 is 20.0. The Morgan fingerprint density at radius 2 is 1.00 bits per heavy atom. The molecule has 0 heterocycles. The summed E-state index contributed by atoms with van der Waals surface area (Å²) in [6, 6.07) is 0. The van der Waals surface area contributed by atoms with E-state index in [2.05, 4.69) is 13.8 Å². The van der Waals surface area contributed by atoms with Crippen molar-refractivity contribution in [3.63, 3.8) is 0 Å². The zero-order valence-electron chi connectivity index (χ0n) is 11.9. The van der Waals surface area contributed by atoms with E-state index in [1.54, 1.807) is 0 Å². The molecule has 2 unspecified atom stereocenters. The molecule has 0 aliphatic rings. The summed E-state index contributed by atoms with van der Waals surface area (Å²) in [6.45, 7) is 4.22. The molecule has 2 atom stereocenters. The topological polar surface area (TPSA) is 80.3 Å². The molecule has 0 saturated carbocycles. The molecule has 0 aromatic heterocycles. The van der Waals surface area contributed by atoms with E-state index < -0.39 is 16.1 Å². The molecule has 7 heteroatoms. The summed E-state index contributed by atoms with van der Waals surface area (Å²) >= 11 is 0. The van der Waals surface area contributed by atoms with Gasteiger partial charge in [-0.2, -0.15) is 0 Å². The van der Waals surface area contributed by atoms with E-state index >= 15 is 0 Å². The van der Waals surface area contributed by atoms with Gasteiger partial charge in [-0.1, -0.05) is 48.7 Å². The Morgan fingerprint density at radius 1 is 0.684 bits per heavy atom. The molecule has 116 valence electrons. The Kier molecular flexibility index (Phi) is 27.1. The average molecular weight is 355 g/mol. The van der Waals surface area contributed by atoms with Gasteiger partial charge in [0, 0.05) is 0 Å². The van der Waals surface area contributed by atoms with Crippen molar-refractivity contribution in [2.45, 2.75) is 65.2 Å². The van der Waals surface area contributed by atoms with Crippen molar-refractivity contribution in [1.29, 1.82) is 0 Å². The first-order valence-electron chi connectivity index (χ1n) is 6.78. The van der Waals surface area contributed by atoms with Crippen LogP contribution in [0.25, 0.3) is 0 Å². The monoisotopic (exact) mass is 354 g/mol. The SMILES string of the molecule is CCCCCC[P+](=O)[O-].CCCCCC[P+](=O)[O-].[Ni+2]. The second-order valence-corrected chi connectivity index (χ2v) is 6.46. The molecule has 0 fully saturated rings. The maximum atomic E-state index is 10.00. The van der Waals surface area contributed by atoms with Crippen molar-refractivity contribution in [2.75, 3.05) is 12.3 Å². The fraction of sp³-hybridized carbons (Fsp3) is 1.00. The zero-order chi connectivity index (χ0) is 14.2. The van der Waals surface area contributed by atoms with Crippen LogP contribution in [0.3, 0.4) is 0 Å². The molecule has 0 N–H and O–H groups in total. The van der Waals surface area contributed by atoms with Gasteiger partial charge in [-0.15, -0.1) is 0 Å². The van der Waals surface area contributed by atoms with Crippen molar-refractivity contribution >= 4 is 16.1 Å². The molecule has 0 saturated heterocycles. The van der Waals surface area contributed by atoms with Gasteiger partial charge in [0.15, 0.2) is 0 Å². The summed E-state index contributed by atoms with van der Waals surface area (Å²) in [4.78, 5) is 20.0. The van der Waals surface area contributed by atoms with Crippen LogP contribution in [0.1, 0.15) is 65.2 Å². The van der Waals surface area contributed by atoms with Crippen LogP contribution in [0, 0.1) is 0 Å². The van der Waals surface area contributed by atoms with Crippen molar-refractivity contribution in [1.82, 2.24) is 0 Å². The quantitative estimate of drug-likeness (QED) is 0.342. The number of rotatable bonds is 10. The normalized spacial score (nSPS) is 10.9. The van der Waals surface area contributed by atoms with Gasteiger partial charge in [0.25, 0.3) is 0 Å². The third kappa shape index (κ3) is 32.3. The van der Waals surface area contributed by atoms with Crippen LogP contribution in [-0.4, -0.2) is 12.3 Å². The molecule has 0 spiro atoms. The number of hydrogen-bond acceptors (Lipinski definition) is 4. The fourth-order valence-electron chi connectivity index (χ4n) is 1.34. The third-order valence-corrected chi connectivity index (χ3v) is 3.75. The maximum absolute atomic E-state index is 10.00. The van der Waals surface area contributed by atoms with Gasteiger partial charge >= 0.3 is 32.5 Å². The molecule has 0 aliphatic heterocycles. The maximum Gasteiger partial charge on any atom is 2.00 e. The van der Waals surface area contributed by atoms with Crippen molar-refractivity contribution < 1.29 is 35.4 Å². The molecule has 0 radical (unpaired) electrons. The summed E-state index contributed by atoms with van der Waals surface area (Å²) in [5.41, 5.74) is 0. The van der Waals surface area contributed by atoms with Crippen LogP contribution in [0.2, 0.25) is 0 Å². The Morgan fingerprint density at radius 3 is 1.21 bits per heavy atom. The number of unbranched alkanes of at least 4 members (excludes halogenated alkanes) is 6. The minimum absolute atomic E-state index is 0. The van der Waals surface area contributed by atoms with Gasteiger partial charge in [0.05, 0.1) is 0 Å². The molecule has 0 aromatic rings. The zero-order valence-corrected chi connectivity index (χ0v) is 14.7. The van der Waals surface area contributed by atoms with E-state index in [-0.39, 0.29) is 16.5 Å². The van der Waals surface area contributed by atoms with Crippen LogP contribution < -0.4 is 9.79 Å². The summed E-state index contributed by atoms with van der Waals surface area (Å²) in [5, 5.41) is 0. The van der Waals surface area contributed by atoms with Gasteiger partial charge in [0.2, 0.25) is 0 Å². The first-order valence-corrected chi connectivity index (χ1v) is 9.50. The minimum atomic E-state index is -2.12. The third-order valence-electron chi connectivity index (χ3n) is 2.39. The standard InChI is InChI=1S/2C6H13O2P.Ni/c2*1-2-3-4-5-6-9(7)8;/h2*2-6H2,1H3;/q;;+2. The molecule has 19 heavy (non-hydrogen) atoms. The second kappa shape index (κ2) is 20.9. The van der Waals surface area contributed by atoms with E-state index in [0.29, 0.717) is 12.3 Å². The Bertz CT molecular complexity index is 194. The van der Waals surface area contributed by atoms with Gasteiger partial charge in [-0.25, -0.2) is 0 Å². The van der Waals surface area contributed by atoms with E-state index in [9.17, 15) is 18.9 Å². The Hall–Kier alpha value is 0.614. The van der Waals surface area contributed by atoms with Crippen LogP contribution in [-0.2, 0) is 25.6 Å². The molecular formula is C12H26NiO4P2+2. The minimum Gasteiger partial charge on any atom is -0.596 e. The van der Waals surface area contributed by atoms with Gasteiger partial charge in [-0.05, 0) is 25.7 Å². The van der Waals surface area contributed by atoms with Crippen LogP contribution in [0.15, 0.2) is 0 Å². The van der Waals surface area contributed by atoms with Crippen LogP contribution in [0.5, 0.6) is 0 Å². The first-order chi connectivity index (χ1) is 8.54. The summed E-state index contributed by atoms with van der Waals surface area (Å²) in [5.74, 6) is 0. The second-order valence-electron chi connectivity index (χ2n) is 4.23. The van der Waals surface area contributed by atoms with Crippen molar-refractivity contribution in [3.05, 3.63) is 0 Å². The summed E-state index contributed by atoms with van der Waals surface area (Å²) in [7, 11) is -4.23. The predicted molar refractivity (Wildman–Crippen MR) is 73.2 cm³/mol. The summed E-state index contributed by atoms with van der Waals surface area (Å²) in [6.07, 6.45) is 9.17. The smallest absolute Gasteiger partial charge is 0.596 e. The van der Waals surface area contributed by atoms with Crippen LogP contribution >= 0.6 is 16.1 Å². The molecule has 0 rings (SSSR count). The van der Waals surface area contributed by atoms with Gasteiger partial charge in [-0.3, -0.25) is 0 Å². The van der Waals surface area contributed by atoms with Crippen LogP contribution in [0.4, 0.5) is 0 Å². The largest absolute Gasteiger partial charge is 2.00 e.